The first kappa shape index (κ1) is 14.7. The van der Waals surface area contributed by atoms with E-state index in [2.05, 4.69) is 15.6 Å². The summed E-state index contributed by atoms with van der Waals surface area (Å²) >= 11 is 1.17. The highest BCUT2D eigenvalue weighted by molar-refractivity contribution is 7.14. The van der Waals surface area contributed by atoms with E-state index >= 15 is 0 Å². The molecule has 0 unspecified atom stereocenters. The minimum atomic E-state index is -1.03. The zero-order valence-corrected chi connectivity index (χ0v) is 11.5. The molecule has 110 valence electrons. The Morgan fingerprint density at radius 3 is 2.86 bits per heavy atom. The maximum absolute atomic E-state index is 11.8. The first-order chi connectivity index (χ1) is 9.95. The van der Waals surface area contributed by atoms with Crippen molar-refractivity contribution in [3.05, 3.63) is 28.9 Å². The smallest absolute Gasteiger partial charge is 0.309 e. The van der Waals surface area contributed by atoms with E-state index in [1.807, 2.05) is 0 Å². The molecule has 0 aliphatic heterocycles. The SMILES string of the molecule is NC(=O)c1ccsc1NC(=O)Cn1cc(CC(=O)O)nn1. The van der Waals surface area contributed by atoms with Gasteiger partial charge in [-0.15, -0.1) is 16.4 Å². The molecular formula is C11H11N5O4S. The molecule has 0 saturated heterocycles. The number of carbonyl (C=O) groups excluding carboxylic acids is 2. The van der Waals surface area contributed by atoms with Gasteiger partial charge in [0.2, 0.25) is 5.91 Å². The van der Waals surface area contributed by atoms with Gasteiger partial charge in [-0.1, -0.05) is 5.21 Å². The average Bonchev–Trinajstić information content (AvgIpc) is 2.98. The maximum atomic E-state index is 11.8. The quantitative estimate of drug-likeness (QED) is 0.669. The summed E-state index contributed by atoms with van der Waals surface area (Å²) in [7, 11) is 0. The third-order valence-corrected chi connectivity index (χ3v) is 3.24. The molecule has 21 heavy (non-hydrogen) atoms. The number of aliphatic carboxylic acids is 1. The highest BCUT2D eigenvalue weighted by atomic mass is 32.1. The molecule has 0 fully saturated rings. The van der Waals surface area contributed by atoms with Crippen LogP contribution in [0.1, 0.15) is 16.1 Å². The summed E-state index contributed by atoms with van der Waals surface area (Å²) in [6, 6.07) is 1.52. The zero-order chi connectivity index (χ0) is 15.4. The van der Waals surface area contributed by atoms with E-state index in [1.165, 1.54) is 28.3 Å². The summed E-state index contributed by atoms with van der Waals surface area (Å²) in [5.74, 6) is -2.08. The fourth-order valence-corrected chi connectivity index (χ4v) is 2.37. The van der Waals surface area contributed by atoms with E-state index in [4.69, 9.17) is 10.8 Å². The van der Waals surface area contributed by atoms with Crippen molar-refractivity contribution in [3.8, 4) is 0 Å². The van der Waals surface area contributed by atoms with Gasteiger partial charge >= 0.3 is 5.97 Å². The van der Waals surface area contributed by atoms with E-state index in [-0.39, 0.29) is 24.2 Å². The van der Waals surface area contributed by atoms with Crippen LogP contribution in [0.4, 0.5) is 5.00 Å². The van der Waals surface area contributed by atoms with Crippen molar-refractivity contribution in [1.29, 1.82) is 0 Å². The van der Waals surface area contributed by atoms with Crippen LogP contribution in [-0.4, -0.2) is 37.9 Å². The van der Waals surface area contributed by atoms with E-state index < -0.39 is 17.8 Å². The van der Waals surface area contributed by atoms with Crippen LogP contribution in [0.5, 0.6) is 0 Å². The molecule has 2 aromatic rings. The number of nitrogens with zero attached hydrogens (tertiary/aromatic N) is 3. The third kappa shape index (κ3) is 3.86. The molecule has 0 bridgehead atoms. The fourth-order valence-electron chi connectivity index (χ4n) is 1.57. The van der Waals surface area contributed by atoms with Crippen molar-refractivity contribution < 1.29 is 19.5 Å². The molecule has 0 atom stereocenters. The van der Waals surface area contributed by atoms with Crippen LogP contribution < -0.4 is 11.1 Å². The van der Waals surface area contributed by atoms with Crippen LogP contribution in [0, 0.1) is 0 Å². The van der Waals surface area contributed by atoms with Crippen LogP contribution in [0.2, 0.25) is 0 Å². The van der Waals surface area contributed by atoms with Gasteiger partial charge in [-0.2, -0.15) is 0 Å². The molecule has 2 heterocycles. The number of aromatic nitrogens is 3. The minimum absolute atomic E-state index is 0.150. The molecule has 0 saturated carbocycles. The summed E-state index contributed by atoms with van der Waals surface area (Å²) in [6.07, 6.45) is 1.11. The average molecular weight is 309 g/mol. The number of nitrogens with two attached hydrogens (primary N) is 1. The first-order valence-electron chi connectivity index (χ1n) is 5.73. The van der Waals surface area contributed by atoms with Crippen LogP contribution in [-0.2, 0) is 22.6 Å². The predicted molar refractivity (Wildman–Crippen MR) is 72.8 cm³/mol. The highest BCUT2D eigenvalue weighted by Crippen LogP contribution is 2.22. The molecule has 10 heteroatoms. The molecule has 0 radical (unpaired) electrons. The third-order valence-electron chi connectivity index (χ3n) is 2.41. The number of hydrogen-bond acceptors (Lipinski definition) is 6. The van der Waals surface area contributed by atoms with E-state index in [0.717, 1.165) is 0 Å². The van der Waals surface area contributed by atoms with Crippen LogP contribution >= 0.6 is 11.3 Å². The summed E-state index contributed by atoms with van der Waals surface area (Å²) in [5, 5.41) is 20.4. The second-order valence-electron chi connectivity index (χ2n) is 4.05. The van der Waals surface area contributed by atoms with Crippen molar-refractivity contribution in [2.75, 3.05) is 5.32 Å². The Kier molecular flexibility index (Phi) is 4.28. The molecular weight excluding hydrogens is 298 g/mol. The molecule has 0 aliphatic rings. The fraction of sp³-hybridized carbons (Fsp3) is 0.182. The molecule has 4 N–H and O–H groups in total. The monoisotopic (exact) mass is 309 g/mol. The van der Waals surface area contributed by atoms with Crippen LogP contribution in [0.3, 0.4) is 0 Å². The van der Waals surface area contributed by atoms with E-state index in [0.29, 0.717) is 5.00 Å². The van der Waals surface area contributed by atoms with E-state index in [1.54, 1.807) is 5.38 Å². The second-order valence-corrected chi connectivity index (χ2v) is 4.97. The number of primary amides is 1. The summed E-state index contributed by atoms with van der Waals surface area (Å²) in [5.41, 5.74) is 5.66. The van der Waals surface area contributed by atoms with Gasteiger partial charge in [0.05, 0.1) is 17.7 Å². The Hall–Kier alpha value is -2.75. The van der Waals surface area contributed by atoms with E-state index in [9.17, 15) is 14.4 Å². The predicted octanol–water partition coefficient (Wildman–Crippen LogP) is -0.296. The molecule has 0 aliphatic carbocycles. The topological polar surface area (TPSA) is 140 Å². The number of rotatable bonds is 6. The van der Waals surface area contributed by atoms with Gasteiger partial charge in [-0.05, 0) is 11.4 Å². The van der Waals surface area contributed by atoms with Crippen molar-refractivity contribution in [2.45, 2.75) is 13.0 Å². The summed E-state index contributed by atoms with van der Waals surface area (Å²) in [6.45, 7) is -0.150. The maximum Gasteiger partial charge on any atom is 0.309 e. The molecule has 9 nitrogen and oxygen atoms in total. The summed E-state index contributed by atoms with van der Waals surface area (Å²) in [4.78, 5) is 33.5. The standard InChI is InChI=1S/C11H11N5O4S/c12-10(20)7-1-2-21-11(7)13-8(17)5-16-4-6(14-15-16)3-9(18)19/h1-2,4H,3,5H2,(H2,12,20)(H,13,17)(H,18,19). The number of anilines is 1. The number of nitrogens with one attached hydrogen (secondary N) is 1. The molecule has 2 rings (SSSR count). The lowest BCUT2D eigenvalue weighted by molar-refractivity contribution is -0.136. The van der Waals surface area contributed by atoms with Gasteiger partial charge in [0.1, 0.15) is 11.5 Å². The van der Waals surface area contributed by atoms with Crippen molar-refractivity contribution >= 4 is 34.1 Å². The Morgan fingerprint density at radius 1 is 1.43 bits per heavy atom. The number of carboxylic acid groups (broad SMARTS) is 1. The van der Waals surface area contributed by atoms with Crippen molar-refractivity contribution in [1.82, 2.24) is 15.0 Å². The first-order valence-corrected chi connectivity index (χ1v) is 6.61. The van der Waals surface area contributed by atoms with Gasteiger partial charge in [-0.3, -0.25) is 14.4 Å². The number of carboxylic acids is 1. The van der Waals surface area contributed by atoms with Gasteiger partial charge in [0.15, 0.2) is 0 Å². The van der Waals surface area contributed by atoms with Gasteiger partial charge in [-0.25, -0.2) is 4.68 Å². The minimum Gasteiger partial charge on any atom is -0.481 e. The lowest BCUT2D eigenvalue weighted by atomic mass is 10.3. The van der Waals surface area contributed by atoms with Crippen molar-refractivity contribution in [2.24, 2.45) is 5.73 Å². The Balaban J connectivity index is 1.98. The lowest BCUT2D eigenvalue weighted by Crippen LogP contribution is -2.21. The largest absolute Gasteiger partial charge is 0.481 e. The highest BCUT2D eigenvalue weighted by Gasteiger charge is 2.13. The normalized spacial score (nSPS) is 10.3. The van der Waals surface area contributed by atoms with Crippen molar-refractivity contribution in [3.63, 3.8) is 0 Å². The molecule has 2 aromatic heterocycles. The molecule has 2 amide bonds. The Morgan fingerprint density at radius 2 is 2.19 bits per heavy atom. The Labute approximate surface area is 122 Å². The van der Waals surface area contributed by atoms with Gasteiger partial charge in [0, 0.05) is 6.20 Å². The number of carbonyl (C=O) groups is 3. The summed E-state index contributed by atoms with van der Waals surface area (Å²) < 4.78 is 1.21. The lowest BCUT2D eigenvalue weighted by Gasteiger charge is -2.04. The van der Waals surface area contributed by atoms with Gasteiger partial charge < -0.3 is 16.2 Å². The Bertz CT molecular complexity index is 692. The number of hydrogen-bond donors (Lipinski definition) is 3. The number of thiophene rings is 1. The van der Waals surface area contributed by atoms with Crippen LogP contribution in [0.25, 0.3) is 0 Å². The molecule has 0 aromatic carbocycles. The number of amides is 2. The van der Waals surface area contributed by atoms with Crippen LogP contribution in [0.15, 0.2) is 17.6 Å². The second kappa shape index (κ2) is 6.13. The zero-order valence-electron chi connectivity index (χ0n) is 10.6. The van der Waals surface area contributed by atoms with Gasteiger partial charge in [0.25, 0.3) is 5.91 Å². The molecule has 0 spiro atoms.